The molecule has 2 N–H and O–H groups in total. The van der Waals surface area contributed by atoms with Crippen LogP contribution in [0.3, 0.4) is 0 Å². The third kappa shape index (κ3) is 2.45. The number of nitrogens with zero attached hydrogens (tertiary/aromatic N) is 4. The number of hydrogen-bond donors (Lipinski definition) is 1. The minimum Gasteiger partial charge on any atom is -0.323 e. The first-order valence-corrected chi connectivity index (χ1v) is 6.07. The Balaban J connectivity index is 2.05. The van der Waals surface area contributed by atoms with Gasteiger partial charge in [-0.1, -0.05) is 6.92 Å². The molecule has 0 radical (unpaired) electrons. The molecule has 0 bridgehead atoms. The van der Waals surface area contributed by atoms with E-state index in [0.29, 0.717) is 12.2 Å². The number of tetrazole rings is 1. The molecule has 5 nitrogen and oxygen atoms in total. The van der Waals surface area contributed by atoms with Crippen LogP contribution in [0.2, 0.25) is 0 Å². The Morgan fingerprint density at radius 1 is 1.50 bits per heavy atom. The van der Waals surface area contributed by atoms with Crippen LogP contribution >= 0.6 is 11.3 Å². The molecule has 0 aliphatic heterocycles. The second-order valence-electron chi connectivity index (χ2n) is 3.66. The molecule has 2 heterocycles. The number of aryl methyl sites for hydroxylation is 2. The van der Waals surface area contributed by atoms with E-state index < -0.39 is 0 Å². The Morgan fingerprint density at radius 3 is 2.88 bits per heavy atom. The third-order valence-electron chi connectivity index (χ3n) is 2.35. The van der Waals surface area contributed by atoms with E-state index in [-0.39, 0.29) is 6.04 Å². The summed E-state index contributed by atoms with van der Waals surface area (Å²) in [6.45, 7) is 2.14. The van der Waals surface area contributed by atoms with Crippen molar-refractivity contribution in [2.75, 3.05) is 0 Å². The maximum atomic E-state index is 6.10. The molecule has 0 amide bonds. The molecule has 1 unspecified atom stereocenters. The average molecular weight is 237 g/mol. The summed E-state index contributed by atoms with van der Waals surface area (Å²) in [6, 6.07) is 4.18. The summed E-state index contributed by atoms with van der Waals surface area (Å²) in [6.07, 6.45) is 1.69. The van der Waals surface area contributed by atoms with Crippen LogP contribution in [0.4, 0.5) is 0 Å². The van der Waals surface area contributed by atoms with Gasteiger partial charge >= 0.3 is 0 Å². The van der Waals surface area contributed by atoms with E-state index in [9.17, 15) is 0 Å². The van der Waals surface area contributed by atoms with E-state index in [4.69, 9.17) is 5.73 Å². The lowest BCUT2D eigenvalue weighted by Crippen LogP contribution is -2.12. The van der Waals surface area contributed by atoms with E-state index >= 15 is 0 Å². The van der Waals surface area contributed by atoms with E-state index in [1.807, 2.05) is 0 Å². The second kappa shape index (κ2) is 4.71. The lowest BCUT2D eigenvalue weighted by Gasteiger charge is -2.05. The Labute approximate surface area is 98.3 Å². The molecule has 6 heteroatoms. The van der Waals surface area contributed by atoms with Gasteiger partial charge in [0.15, 0.2) is 5.82 Å². The highest BCUT2D eigenvalue weighted by molar-refractivity contribution is 7.12. The summed E-state index contributed by atoms with van der Waals surface area (Å²) in [4.78, 5) is 4.00. The summed E-state index contributed by atoms with van der Waals surface area (Å²) < 4.78 is 0. The van der Waals surface area contributed by atoms with Crippen molar-refractivity contribution in [3.05, 3.63) is 27.7 Å². The summed E-state index contributed by atoms with van der Waals surface area (Å²) >= 11 is 1.76. The van der Waals surface area contributed by atoms with Gasteiger partial charge in [-0.05, 0) is 23.8 Å². The lowest BCUT2D eigenvalue weighted by molar-refractivity contribution is 0.623. The normalized spacial score (nSPS) is 12.9. The largest absolute Gasteiger partial charge is 0.323 e. The molecule has 0 aliphatic carbocycles. The Hall–Kier alpha value is -1.27. The van der Waals surface area contributed by atoms with Crippen molar-refractivity contribution in [3.63, 3.8) is 0 Å². The van der Waals surface area contributed by atoms with Crippen molar-refractivity contribution in [2.45, 2.75) is 25.8 Å². The van der Waals surface area contributed by atoms with Crippen LogP contribution < -0.4 is 5.73 Å². The van der Waals surface area contributed by atoms with Crippen molar-refractivity contribution in [1.82, 2.24) is 20.2 Å². The van der Waals surface area contributed by atoms with Crippen LogP contribution in [0.25, 0.3) is 0 Å². The van der Waals surface area contributed by atoms with Crippen molar-refractivity contribution in [3.8, 4) is 0 Å². The SMILES string of the molecule is CCc1ccc(C(N)Cc2nnn(C)n2)s1. The minimum atomic E-state index is -0.0329. The summed E-state index contributed by atoms with van der Waals surface area (Å²) in [5, 5.41) is 11.8. The molecular formula is C10H15N5S. The van der Waals surface area contributed by atoms with Crippen molar-refractivity contribution in [1.29, 1.82) is 0 Å². The number of aromatic nitrogens is 4. The number of thiophene rings is 1. The first-order valence-electron chi connectivity index (χ1n) is 5.26. The zero-order valence-corrected chi connectivity index (χ0v) is 10.2. The monoisotopic (exact) mass is 237 g/mol. The Morgan fingerprint density at radius 2 is 2.31 bits per heavy atom. The fourth-order valence-corrected chi connectivity index (χ4v) is 2.44. The topological polar surface area (TPSA) is 69.6 Å². The fraction of sp³-hybridized carbons (Fsp3) is 0.500. The Kier molecular flexibility index (Phi) is 3.31. The van der Waals surface area contributed by atoms with E-state index in [1.165, 1.54) is 14.6 Å². The summed E-state index contributed by atoms with van der Waals surface area (Å²) in [5.41, 5.74) is 6.10. The van der Waals surface area contributed by atoms with Gasteiger partial charge in [0.1, 0.15) is 0 Å². The van der Waals surface area contributed by atoms with Gasteiger partial charge in [-0.25, -0.2) is 0 Å². The molecule has 2 aromatic heterocycles. The van der Waals surface area contributed by atoms with Gasteiger partial charge < -0.3 is 5.73 Å². The smallest absolute Gasteiger partial charge is 0.176 e. The van der Waals surface area contributed by atoms with Crippen LogP contribution in [0.5, 0.6) is 0 Å². The van der Waals surface area contributed by atoms with Gasteiger partial charge in [0.2, 0.25) is 0 Å². The average Bonchev–Trinajstić information content (AvgIpc) is 2.87. The van der Waals surface area contributed by atoms with E-state index in [1.54, 1.807) is 18.4 Å². The van der Waals surface area contributed by atoms with Gasteiger partial charge in [-0.2, -0.15) is 4.80 Å². The summed E-state index contributed by atoms with van der Waals surface area (Å²) in [7, 11) is 1.75. The van der Waals surface area contributed by atoms with E-state index in [0.717, 1.165) is 6.42 Å². The highest BCUT2D eigenvalue weighted by atomic mass is 32.1. The lowest BCUT2D eigenvalue weighted by atomic mass is 10.2. The van der Waals surface area contributed by atoms with Gasteiger partial charge in [-0.15, -0.1) is 21.5 Å². The number of nitrogens with two attached hydrogens (primary N) is 1. The van der Waals surface area contributed by atoms with E-state index in [2.05, 4.69) is 34.5 Å². The van der Waals surface area contributed by atoms with Gasteiger partial charge in [-0.3, -0.25) is 0 Å². The predicted octanol–water partition coefficient (Wildman–Crippen LogP) is 1.08. The highest BCUT2D eigenvalue weighted by Gasteiger charge is 2.12. The third-order valence-corrected chi connectivity index (χ3v) is 3.71. The van der Waals surface area contributed by atoms with Crippen LogP contribution in [0.15, 0.2) is 12.1 Å². The van der Waals surface area contributed by atoms with Gasteiger partial charge in [0.05, 0.1) is 7.05 Å². The number of hydrogen-bond acceptors (Lipinski definition) is 5. The Bertz CT molecular complexity index is 461. The first kappa shape index (κ1) is 11.2. The quantitative estimate of drug-likeness (QED) is 0.863. The highest BCUT2D eigenvalue weighted by Crippen LogP contribution is 2.23. The zero-order valence-electron chi connectivity index (χ0n) is 9.42. The molecule has 0 fully saturated rings. The van der Waals surface area contributed by atoms with Crippen LogP contribution in [-0.2, 0) is 19.9 Å². The molecule has 0 aliphatic rings. The van der Waals surface area contributed by atoms with Crippen LogP contribution in [0, 0.1) is 0 Å². The van der Waals surface area contributed by atoms with Gasteiger partial charge in [0.25, 0.3) is 0 Å². The second-order valence-corrected chi connectivity index (χ2v) is 4.86. The molecule has 0 spiro atoms. The predicted molar refractivity (Wildman–Crippen MR) is 63.1 cm³/mol. The number of rotatable bonds is 4. The summed E-state index contributed by atoms with van der Waals surface area (Å²) in [5.74, 6) is 0.696. The molecular weight excluding hydrogens is 222 g/mol. The molecule has 2 rings (SSSR count). The molecule has 0 aromatic carbocycles. The van der Waals surface area contributed by atoms with Crippen molar-refractivity contribution < 1.29 is 0 Å². The first-order chi connectivity index (χ1) is 7.69. The standard InChI is InChI=1S/C10H15N5S/c1-3-7-4-5-9(16-7)8(11)6-10-12-14-15(2)13-10/h4-5,8H,3,6,11H2,1-2H3. The zero-order chi connectivity index (χ0) is 11.5. The fourth-order valence-electron chi connectivity index (χ4n) is 1.49. The van der Waals surface area contributed by atoms with Crippen LogP contribution in [-0.4, -0.2) is 20.2 Å². The molecule has 2 aromatic rings. The van der Waals surface area contributed by atoms with Crippen molar-refractivity contribution in [2.24, 2.45) is 12.8 Å². The molecule has 0 saturated heterocycles. The maximum absolute atomic E-state index is 6.10. The molecule has 16 heavy (non-hydrogen) atoms. The maximum Gasteiger partial charge on any atom is 0.176 e. The van der Waals surface area contributed by atoms with Crippen LogP contribution in [0.1, 0.15) is 28.5 Å². The molecule has 86 valence electrons. The van der Waals surface area contributed by atoms with Crippen molar-refractivity contribution >= 4 is 11.3 Å². The minimum absolute atomic E-state index is 0.0329. The van der Waals surface area contributed by atoms with Gasteiger partial charge in [0, 0.05) is 22.2 Å². The molecule has 0 saturated carbocycles. The molecule has 1 atom stereocenters.